The number of rotatable bonds is 1. The monoisotopic (exact) mass is 409 g/mol. The third kappa shape index (κ3) is 2.88. The molecule has 4 nitrogen and oxygen atoms in total. The van der Waals surface area contributed by atoms with Crippen LogP contribution in [0, 0.1) is 0 Å². The Bertz CT molecular complexity index is 986. The number of hydrogen-bond acceptors (Lipinski definition) is 4. The van der Waals surface area contributed by atoms with Crippen LogP contribution in [0.3, 0.4) is 0 Å². The van der Waals surface area contributed by atoms with Crippen molar-refractivity contribution >= 4 is 38.7 Å². The largest absolute Gasteiger partial charge is 0.333 e. The maximum Gasteiger partial charge on any atom is 0.264 e. The third-order valence-electron chi connectivity index (χ3n) is 5.32. The number of thiophene rings is 1. The number of sulfone groups is 1. The summed E-state index contributed by atoms with van der Waals surface area (Å²) in [7, 11) is -3.44. The van der Waals surface area contributed by atoms with E-state index in [1.807, 2.05) is 4.90 Å². The minimum atomic E-state index is -3.44. The molecule has 0 bridgehead atoms. The molecule has 0 N–H and O–H groups in total. The summed E-state index contributed by atoms with van der Waals surface area (Å²) < 4.78 is 25.2. The number of carbonyl (C=O) groups is 1. The second kappa shape index (κ2) is 6.36. The topological polar surface area (TPSA) is 54.5 Å². The minimum absolute atomic E-state index is 0.0111. The van der Waals surface area contributed by atoms with Gasteiger partial charge in [0.25, 0.3) is 5.91 Å². The van der Waals surface area contributed by atoms with E-state index in [9.17, 15) is 13.2 Å². The summed E-state index contributed by atoms with van der Waals surface area (Å²) in [5.41, 5.74) is 1.37. The molecular weight excluding hydrogens is 390 g/mol. The number of halogens is 1. The molecule has 0 saturated carbocycles. The Balaban J connectivity index is 1.78. The van der Waals surface area contributed by atoms with Crippen molar-refractivity contribution in [3.05, 3.63) is 39.7 Å². The fraction of sp³-hybridized carbons (Fsp3) is 0.421. The smallest absolute Gasteiger partial charge is 0.264 e. The van der Waals surface area contributed by atoms with Gasteiger partial charge in [0.1, 0.15) is 0 Å². The molecule has 1 aromatic carbocycles. The van der Waals surface area contributed by atoms with E-state index >= 15 is 0 Å². The molecule has 2 aromatic rings. The molecule has 2 aliphatic heterocycles. The van der Waals surface area contributed by atoms with Crippen LogP contribution in [0.1, 0.15) is 48.3 Å². The van der Waals surface area contributed by atoms with E-state index in [0.29, 0.717) is 21.0 Å². The molecule has 1 fully saturated rings. The van der Waals surface area contributed by atoms with Crippen LogP contribution < -0.4 is 0 Å². The second-order valence-corrected chi connectivity index (χ2v) is 10.7. The quantitative estimate of drug-likeness (QED) is 0.682. The van der Waals surface area contributed by atoms with Crippen molar-refractivity contribution in [1.29, 1.82) is 0 Å². The Labute approximate surface area is 162 Å². The van der Waals surface area contributed by atoms with E-state index in [1.54, 1.807) is 18.2 Å². The molecule has 2 aliphatic rings. The van der Waals surface area contributed by atoms with Crippen LogP contribution in [0.5, 0.6) is 0 Å². The summed E-state index contributed by atoms with van der Waals surface area (Å²) in [6.07, 6.45) is 3.16. The van der Waals surface area contributed by atoms with Gasteiger partial charge in [-0.3, -0.25) is 4.79 Å². The van der Waals surface area contributed by atoms with Crippen molar-refractivity contribution < 1.29 is 13.2 Å². The molecule has 26 heavy (non-hydrogen) atoms. The number of likely N-dealkylation sites (tertiary alicyclic amines) is 1. The van der Waals surface area contributed by atoms with Crippen molar-refractivity contribution in [2.75, 3.05) is 0 Å². The summed E-state index contributed by atoms with van der Waals surface area (Å²) in [6.45, 7) is 4.17. The fourth-order valence-corrected chi connectivity index (χ4v) is 7.20. The van der Waals surface area contributed by atoms with E-state index in [2.05, 4.69) is 13.8 Å². The number of carbonyl (C=O) groups excluding carboxylic acids is 1. The van der Waals surface area contributed by atoms with Crippen LogP contribution in [0.4, 0.5) is 0 Å². The lowest BCUT2D eigenvalue weighted by molar-refractivity contribution is 0.0516. The van der Waals surface area contributed by atoms with Crippen LogP contribution in [-0.2, 0) is 15.6 Å². The van der Waals surface area contributed by atoms with E-state index < -0.39 is 9.84 Å². The molecule has 0 radical (unpaired) electrons. The van der Waals surface area contributed by atoms with Crippen LogP contribution >= 0.6 is 22.9 Å². The summed E-state index contributed by atoms with van der Waals surface area (Å²) in [4.78, 5) is 16.8. The highest BCUT2D eigenvalue weighted by Crippen LogP contribution is 2.44. The van der Waals surface area contributed by atoms with Gasteiger partial charge >= 0.3 is 0 Å². The number of piperidine rings is 1. The minimum Gasteiger partial charge on any atom is -0.333 e. The first kappa shape index (κ1) is 18.0. The van der Waals surface area contributed by atoms with Crippen LogP contribution in [0.15, 0.2) is 29.2 Å². The highest BCUT2D eigenvalue weighted by molar-refractivity contribution is 7.91. The number of benzene rings is 1. The molecule has 7 heteroatoms. The van der Waals surface area contributed by atoms with Crippen LogP contribution in [0.25, 0.3) is 10.4 Å². The zero-order chi connectivity index (χ0) is 18.6. The number of amides is 1. The summed E-state index contributed by atoms with van der Waals surface area (Å²) in [6, 6.07) is 7.13. The third-order valence-corrected chi connectivity index (χ3v) is 8.45. The first-order valence-corrected chi connectivity index (χ1v) is 11.6. The van der Waals surface area contributed by atoms with Crippen LogP contribution in [0.2, 0.25) is 5.02 Å². The molecule has 1 amide bonds. The Kier molecular flexibility index (Phi) is 4.40. The molecule has 2 atom stereocenters. The van der Waals surface area contributed by atoms with Gasteiger partial charge < -0.3 is 4.90 Å². The van der Waals surface area contributed by atoms with E-state index in [0.717, 1.165) is 24.1 Å². The van der Waals surface area contributed by atoms with E-state index in [1.165, 1.54) is 17.4 Å². The van der Waals surface area contributed by atoms with Gasteiger partial charge in [0, 0.05) is 27.5 Å². The average molecular weight is 410 g/mol. The molecular formula is C19H20ClNO3S2. The zero-order valence-corrected chi connectivity index (χ0v) is 17.0. The van der Waals surface area contributed by atoms with Crippen molar-refractivity contribution in [2.45, 2.75) is 55.8 Å². The molecule has 2 unspecified atom stereocenters. The summed E-state index contributed by atoms with van der Waals surface area (Å²) >= 11 is 7.39. The Morgan fingerprint density at radius 1 is 1.19 bits per heavy atom. The van der Waals surface area contributed by atoms with Gasteiger partial charge in [0.15, 0.2) is 9.84 Å². The molecule has 4 rings (SSSR count). The number of nitrogens with zero attached hydrogens (tertiary/aromatic N) is 1. The van der Waals surface area contributed by atoms with E-state index in [-0.39, 0.29) is 28.6 Å². The van der Waals surface area contributed by atoms with Crippen LogP contribution in [-0.4, -0.2) is 31.3 Å². The molecule has 0 spiro atoms. The Morgan fingerprint density at radius 3 is 2.58 bits per heavy atom. The normalized spacial score (nSPS) is 24.0. The van der Waals surface area contributed by atoms with Gasteiger partial charge in [-0.2, -0.15) is 0 Å². The predicted molar refractivity (Wildman–Crippen MR) is 105 cm³/mol. The second-order valence-electron chi connectivity index (χ2n) is 7.21. The van der Waals surface area contributed by atoms with Gasteiger partial charge in [0.2, 0.25) is 0 Å². The average Bonchev–Trinajstić information content (AvgIpc) is 2.97. The molecule has 138 valence electrons. The van der Waals surface area contributed by atoms with Gasteiger partial charge in [0.05, 0.1) is 15.5 Å². The molecule has 3 heterocycles. The van der Waals surface area contributed by atoms with E-state index in [4.69, 9.17) is 11.6 Å². The number of hydrogen-bond donors (Lipinski definition) is 0. The SMILES string of the molecule is CC1CCCC(C)N1C(=O)c1cc2c(s1)-c1ccc(Cl)cc1S(=O)(=O)C2. The highest BCUT2D eigenvalue weighted by Gasteiger charge is 2.34. The van der Waals surface area contributed by atoms with Crippen molar-refractivity contribution in [2.24, 2.45) is 0 Å². The lowest BCUT2D eigenvalue weighted by Crippen LogP contribution is -2.47. The Morgan fingerprint density at radius 2 is 1.88 bits per heavy atom. The molecule has 1 aromatic heterocycles. The summed E-state index contributed by atoms with van der Waals surface area (Å²) in [5, 5.41) is 0.402. The molecule has 0 aliphatic carbocycles. The van der Waals surface area contributed by atoms with Gasteiger partial charge in [-0.1, -0.05) is 17.7 Å². The maximum absolute atomic E-state index is 13.1. The Hall–Kier alpha value is -1.37. The summed E-state index contributed by atoms with van der Waals surface area (Å²) in [5.74, 6) is -0.0677. The lowest BCUT2D eigenvalue weighted by atomic mass is 9.97. The van der Waals surface area contributed by atoms with Gasteiger partial charge in [-0.25, -0.2) is 8.42 Å². The van der Waals surface area contributed by atoms with Gasteiger partial charge in [-0.05, 0) is 56.9 Å². The van der Waals surface area contributed by atoms with Crippen molar-refractivity contribution in [3.63, 3.8) is 0 Å². The fourth-order valence-electron chi connectivity index (χ4n) is 4.04. The predicted octanol–water partition coefficient (Wildman–Crippen LogP) is 4.76. The standard InChI is InChI=1S/C19H20ClNO3S2/c1-11-4-3-5-12(2)21(11)19(22)16-8-13-10-26(23,24)17-9-14(20)6-7-15(17)18(13)25-16/h6-9,11-12H,3-5,10H2,1-2H3. The zero-order valence-electron chi connectivity index (χ0n) is 14.7. The first-order chi connectivity index (χ1) is 12.3. The molecule has 1 saturated heterocycles. The van der Waals surface area contributed by atoms with Crippen molar-refractivity contribution in [1.82, 2.24) is 4.90 Å². The van der Waals surface area contributed by atoms with Gasteiger partial charge in [-0.15, -0.1) is 11.3 Å². The maximum atomic E-state index is 13.1. The first-order valence-electron chi connectivity index (χ1n) is 8.76. The lowest BCUT2D eigenvalue weighted by Gasteiger charge is -2.38. The van der Waals surface area contributed by atoms with Crippen molar-refractivity contribution in [3.8, 4) is 10.4 Å². The number of fused-ring (bicyclic) bond motifs is 3. The highest BCUT2D eigenvalue weighted by atomic mass is 35.5.